The molecule has 0 aliphatic carbocycles. The second kappa shape index (κ2) is 10.9. The standard InChI is InChI=1S/C25H34N4O5S/c1-2-23(30)26-21-6-5-15-29(18-21)35(33,34)22-9-7-19(8-10-22)24(31)28-16-11-20(12-17-28)25(32)27-13-3-4-14-27/h2,7-10,20-21H,1,3-6,11-18H2,(H,26,30)/t21-/m0/s1. The van der Waals surface area contributed by atoms with Crippen LogP contribution in [0.1, 0.15) is 48.9 Å². The summed E-state index contributed by atoms with van der Waals surface area (Å²) in [5, 5.41) is 2.77. The zero-order chi connectivity index (χ0) is 25.0. The van der Waals surface area contributed by atoms with E-state index in [1.54, 1.807) is 17.0 Å². The molecule has 3 heterocycles. The normalized spacial score (nSPS) is 22.1. The van der Waals surface area contributed by atoms with E-state index >= 15 is 0 Å². The van der Waals surface area contributed by atoms with Crippen LogP contribution in [-0.4, -0.2) is 85.6 Å². The summed E-state index contributed by atoms with van der Waals surface area (Å²) in [6.07, 6.45) is 5.99. The van der Waals surface area contributed by atoms with Crippen LogP contribution in [-0.2, 0) is 19.6 Å². The van der Waals surface area contributed by atoms with Crippen LogP contribution in [0.4, 0.5) is 0 Å². The molecule has 3 aliphatic rings. The average molecular weight is 503 g/mol. The minimum Gasteiger partial charge on any atom is -0.349 e. The van der Waals surface area contributed by atoms with E-state index in [0.717, 1.165) is 25.9 Å². The van der Waals surface area contributed by atoms with E-state index in [2.05, 4.69) is 11.9 Å². The molecule has 1 aromatic rings. The van der Waals surface area contributed by atoms with Crippen LogP contribution >= 0.6 is 0 Å². The molecule has 3 amide bonds. The molecule has 3 saturated heterocycles. The molecule has 0 saturated carbocycles. The number of sulfonamides is 1. The third-order valence-electron chi connectivity index (χ3n) is 7.20. The highest BCUT2D eigenvalue weighted by molar-refractivity contribution is 7.89. The number of amides is 3. The van der Waals surface area contributed by atoms with Crippen molar-refractivity contribution < 1.29 is 22.8 Å². The molecule has 1 atom stereocenters. The van der Waals surface area contributed by atoms with E-state index in [4.69, 9.17) is 0 Å². The summed E-state index contributed by atoms with van der Waals surface area (Å²) in [6, 6.07) is 5.79. The first-order valence-corrected chi connectivity index (χ1v) is 13.8. The predicted octanol–water partition coefficient (Wildman–Crippen LogP) is 1.62. The van der Waals surface area contributed by atoms with Crippen molar-refractivity contribution in [2.75, 3.05) is 39.3 Å². The Labute approximate surface area is 207 Å². The zero-order valence-corrected chi connectivity index (χ0v) is 20.8. The SMILES string of the molecule is C=CC(=O)N[C@H]1CCCN(S(=O)(=O)c2ccc(C(=O)N3CCC(C(=O)N4CCCC4)CC3)cc2)C1. The number of carbonyl (C=O) groups is 3. The summed E-state index contributed by atoms with van der Waals surface area (Å²) < 4.78 is 27.7. The fourth-order valence-corrected chi connectivity index (χ4v) is 6.69. The van der Waals surface area contributed by atoms with Crippen molar-refractivity contribution in [3.8, 4) is 0 Å². The lowest BCUT2D eigenvalue weighted by Gasteiger charge is -2.33. The highest BCUT2D eigenvalue weighted by Gasteiger charge is 2.33. The van der Waals surface area contributed by atoms with Gasteiger partial charge in [0.2, 0.25) is 21.8 Å². The number of nitrogens with zero attached hydrogens (tertiary/aromatic N) is 3. The van der Waals surface area contributed by atoms with E-state index in [1.165, 1.54) is 22.5 Å². The Morgan fingerprint density at radius 3 is 2.17 bits per heavy atom. The van der Waals surface area contributed by atoms with E-state index in [1.807, 2.05) is 4.90 Å². The Hall–Kier alpha value is -2.72. The lowest BCUT2D eigenvalue weighted by molar-refractivity contribution is -0.135. The van der Waals surface area contributed by atoms with Gasteiger partial charge in [-0.2, -0.15) is 4.31 Å². The molecule has 35 heavy (non-hydrogen) atoms. The van der Waals surface area contributed by atoms with Crippen molar-refractivity contribution in [3.05, 3.63) is 42.5 Å². The Morgan fingerprint density at radius 2 is 1.54 bits per heavy atom. The van der Waals surface area contributed by atoms with E-state index in [-0.39, 0.29) is 41.1 Å². The van der Waals surface area contributed by atoms with Gasteiger partial charge in [0.05, 0.1) is 4.90 Å². The summed E-state index contributed by atoms with van der Waals surface area (Å²) in [5.74, 6) is -0.268. The van der Waals surface area contributed by atoms with Gasteiger partial charge in [0.15, 0.2) is 0 Å². The smallest absolute Gasteiger partial charge is 0.253 e. The monoisotopic (exact) mass is 502 g/mol. The lowest BCUT2D eigenvalue weighted by Crippen LogP contribution is -2.49. The largest absolute Gasteiger partial charge is 0.349 e. The molecule has 9 nitrogen and oxygen atoms in total. The van der Waals surface area contributed by atoms with Gasteiger partial charge in [0.1, 0.15) is 0 Å². The molecule has 1 aromatic carbocycles. The molecular weight excluding hydrogens is 468 g/mol. The number of piperidine rings is 2. The van der Waals surface area contributed by atoms with E-state index in [9.17, 15) is 22.8 Å². The van der Waals surface area contributed by atoms with Gasteiger partial charge >= 0.3 is 0 Å². The number of nitrogens with one attached hydrogen (secondary N) is 1. The minimum atomic E-state index is -3.74. The van der Waals surface area contributed by atoms with Crippen molar-refractivity contribution in [2.24, 2.45) is 5.92 Å². The molecule has 3 fully saturated rings. The molecule has 1 N–H and O–H groups in total. The van der Waals surface area contributed by atoms with E-state index in [0.29, 0.717) is 50.9 Å². The third-order valence-corrected chi connectivity index (χ3v) is 9.08. The lowest BCUT2D eigenvalue weighted by atomic mass is 9.95. The first-order valence-electron chi connectivity index (χ1n) is 12.4. The summed E-state index contributed by atoms with van der Waals surface area (Å²) in [7, 11) is -3.74. The average Bonchev–Trinajstić information content (AvgIpc) is 3.43. The first-order chi connectivity index (χ1) is 16.8. The van der Waals surface area contributed by atoms with Crippen molar-refractivity contribution in [2.45, 2.75) is 49.5 Å². The highest BCUT2D eigenvalue weighted by atomic mass is 32.2. The molecule has 3 aliphatic heterocycles. The van der Waals surface area contributed by atoms with Crippen LogP contribution in [0.5, 0.6) is 0 Å². The summed E-state index contributed by atoms with van der Waals surface area (Å²) in [4.78, 5) is 41.0. The maximum atomic E-state index is 13.1. The van der Waals surface area contributed by atoms with Gasteiger partial charge in [-0.25, -0.2) is 8.42 Å². The number of benzene rings is 1. The second-order valence-corrected chi connectivity index (χ2v) is 11.5. The topological polar surface area (TPSA) is 107 Å². The first kappa shape index (κ1) is 25.4. The Morgan fingerprint density at radius 1 is 0.886 bits per heavy atom. The molecule has 0 spiro atoms. The fraction of sp³-hybridized carbons (Fsp3) is 0.560. The van der Waals surface area contributed by atoms with Gasteiger partial charge in [0.25, 0.3) is 5.91 Å². The summed E-state index contributed by atoms with van der Waals surface area (Å²) >= 11 is 0. The predicted molar refractivity (Wildman–Crippen MR) is 131 cm³/mol. The van der Waals surface area contributed by atoms with Crippen LogP contribution in [0.2, 0.25) is 0 Å². The van der Waals surface area contributed by atoms with Gasteiger partial charge in [-0.3, -0.25) is 14.4 Å². The van der Waals surface area contributed by atoms with Crippen LogP contribution in [0.3, 0.4) is 0 Å². The Balaban J connectivity index is 1.35. The van der Waals surface area contributed by atoms with Crippen molar-refractivity contribution in [1.82, 2.24) is 19.4 Å². The Bertz CT molecular complexity index is 1060. The quantitative estimate of drug-likeness (QED) is 0.595. The fourth-order valence-electron chi connectivity index (χ4n) is 5.17. The van der Waals surface area contributed by atoms with Gasteiger partial charge in [-0.05, 0) is 68.9 Å². The van der Waals surface area contributed by atoms with Gasteiger partial charge in [-0.15, -0.1) is 0 Å². The molecule has 4 rings (SSSR count). The summed E-state index contributed by atoms with van der Waals surface area (Å²) in [6.45, 7) is 6.75. The van der Waals surface area contributed by atoms with Crippen molar-refractivity contribution in [1.29, 1.82) is 0 Å². The highest BCUT2D eigenvalue weighted by Crippen LogP contribution is 2.25. The van der Waals surface area contributed by atoms with Crippen LogP contribution in [0.15, 0.2) is 41.8 Å². The molecule has 10 heteroatoms. The number of likely N-dealkylation sites (tertiary alicyclic amines) is 2. The van der Waals surface area contributed by atoms with Crippen LogP contribution < -0.4 is 5.32 Å². The number of hydrogen-bond donors (Lipinski definition) is 1. The molecule has 190 valence electrons. The molecule has 0 bridgehead atoms. The maximum absolute atomic E-state index is 13.1. The number of rotatable bonds is 6. The maximum Gasteiger partial charge on any atom is 0.253 e. The zero-order valence-electron chi connectivity index (χ0n) is 20.0. The molecule has 0 aromatic heterocycles. The van der Waals surface area contributed by atoms with Crippen molar-refractivity contribution in [3.63, 3.8) is 0 Å². The second-order valence-electron chi connectivity index (χ2n) is 9.54. The summed E-state index contributed by atoms with van der Waals surface area (Å²) in [5.41, 5.74) is 0.433. The molecule has 0 unspecified atom stereocenters. The van der Waals surface area contributed by atoms with E-state index < -0.39 is 10.0 Å². The van der Waals surface area contributed by atoms with Crippen LogP contribution in [0, 0.1) is 5.92 Å². The van der Waals surface area contributed by atoms with Crippen LogP contribution in [0.25, 0.3) is 0 Å². The van der Waals surface area contributed by atoms with Crippen molar-refractivity contribution >= 4 is 27.7 Å². The Kier molecular flexibility index (Phi) is 7.91. The number of hydrogen-bond acceptors (Lipinski definition) is 5. The minimum absolute atomic E-state index is 0.0192. The third kappa shape index (κ3) is 5.75. The van der Waals surface area contributed by atoms with Gasteiger partial charge < -0.3 is 15.1 Å². The number of carbonyl (C=O) groups excluding carboxylic acids is 3. The van der Waals surface area contributed by atoms with Gasteiger partial charge in [-0.1, -0.05) is 6.58 Å². The molecule has 0 radical (unpaired) electrons. The van der Waals surface area contributed by atoms with Gasteiger partial charge in [0, 0.05) is 56.8 Å². The molecular formula is C25H34N4O5S.